The highest BCUT2D eigenvalue weighted by molar-refractivity contribution is 6.30. The highest BCUT2D eigenvalue weighted by atomic mass is 35.5. The molecule has 1 aliphatic heterocycles. The second-order valence-corrected chi connectivity index (χ2v) is 8.99. The molecule has 34 heavy (non-hydrogen) atoms. The minimum absolute atomic E-state index is 0.131. The lowest BCUT2D eigenvalue weighted by atomic mass is 9.78. The fourth-order valence-electron chi connectivity index (χ4n) is 4.46. The summed E-state index contributed by atoms with van der Waals surface area (Å²) in [7, 11) is 0. The van der Waals surface area contributed by atoms with E-state index in [1.54, 1.807) is 18.2 Å². The molecule has 1 aliphatic carbocycles. The first-order chi connectivity index (χ1) is 15.7. The summed E-state index contributed by atoms with van der Waals surface area (Å²) in [5, 5.41) is 10.2. The number of nitrogens with zero attached hydrogens (tertiary/aromatic N) is 2. The number of aliphatic carboxylic acids is 1. The zero-order valence-corrected chi connectivity index (χ0v) is 18.6. The first-order valence-electron chi connectivity index (χ1n) is 10.6. The van der Waals surface area contributed by atoms with Gasteiger partial charge in [-0.2, -0.15) is 26.3 Å². The maximum Gasteiger partial charge on any atom is 0.434 e. The van der Waals surface area contributed by atoms with Gasteiger partial charge >= 0.3 is 24.4 Å². The first kappa shape index (κ1) is 26.4. The number of carbonyl (C=O) groups is 2. The maximum absolute atomic E-state index is 12.6. The van der Waals surface area contributed by atoms with Crippen molar-refractivity contribution in [2.45, 2.75) is 56.1 Å². The fourth-order valence-corrected chi connectivity index (χ4v) is 4.72. The van der Waals surface area contributed by atoms with Crippen LogP contribution in [0.4, 0.5) is 31.1 Å². The van der Waals surface area contributed by atoms with Gasteiger partial charge in [0.2, 0.25) is 0 Å². The molecule has 0 spiro atoms. The number of benzene rings is 1. The molecule has 1 heterocycles. The van der Waals surface area contributed by atoms with Gasteiger partial charge in [0.15, 0.2) is 0 Å². The average Bonchev–Trinajstić information content (AvgIpc) is 3.22. The van der Waals surface area contributed by atoms with Crippen molar-refractivity contribution in [1.82, 2.24) is 9.80 Å². The molecule has 1 saturated carbocycles. The Morgan fingerprint density at radius 2 is 1.56 bits per heavy atom. The molecular formula is C21H23ClF6N2O4. The summed E-state index contributed by atoms with van der Waals surface area (Å²) in [6.07, 6.45) is -14.8. The molecule has 1 amide bonds. The van der Waals surface area contributed by atoms with Gasteiger partial charge in [-0.05, 0) is 36.1 Å². The predicted octanol–water partition coefficient (Wildman–Crippen LogP) is 4.98. The Kier molecular flexibility index (Phi) is 7.61. The molecule has 1 N–H and O–H groups in total. The number of alkyl halides is 6. The van der Waals surface area contributed by atoms with Crippen LogP contribution in [0.1, 0.15) is 36.8 Å². The van der Waals surface area contributed by atoms with Crippen molar-refractivity contribution in [2.75, 3.05) is 26.2 Å². The summed E-state index contributed by atoms with van der Waals surface area (Å²) in [5.41, 5.74) is 0.322. The number of rotatable bonds is 5. The van der Waals surface area contributed by atoms with Crippen LogP contribution in [-0.4, -0.2) is 71.6 Å². The van der Waals surface area contributed by atoms with Crippen molar-refractivity contribution in [2.24, 2.45) is 0 Å². The Hall–Kier alpha value is -2.21. The molecule has 1 saturated heterocycles. The monoisotopic (exact) mass is 516 g/mol. The molecular weight excluding hydrogens is 494 g/mol. The molecule has 0 atom stereocenters. The molecule has 3 rings (SSSR count). The SMILES string of the molecule is O=C(OC(C(F)(F)F)C(F)(F)F)N1CCN(Cc2cc(Cl)cc(C3(C(=O)O)CCCC3)c2)CC1. The lowest BCUT2D eigenvalue weighted by Gasteiger charge is -2.35. The fraction of sp³-hybridized carbons (Fsp3) is 0.619. The Bertz CT molecular complexity index is 896. The molecule has 0 unspecified atom stereocenters. The average molecular weight is 517 g/mol. The summed E-state index contributed by atoms with van der Waals surface area (Å²) in [6, 6.07) is 5.08. The number of piperazine rings is 1. The van der Waals surface area contributed by atoms with Gasteiger partial charge in [0.05, 0.1) is 5.41 Å². The van der Waals surface area contributed by atoms with Gasteiger partial charge in [-0.3, -0.25) is 9.69 Å². The van der Waals surface area contributed by atoms with Crippen molar-refractivity contribution in [3.8, 4) is 0 Å². The molecule has 1 aromatic carbocycles. The number of carboxylic acids is 1. The Balaban J connectivity index is 1.63. The van der Waals surface area contributed by atoms with E-state index < -0.39 is 35.9 Å². The number of hydrogen-bond acceptors (Lipinski definition) is 4. The van der Waals surface area contributed by atoms with Crippen LogP contribution in [0.5, 0.6) is 0 Å². The summed E-state index contributed by atoms with van der Waals surface area (Å²) >= 11 is 6.23. The van der Waals surface area contributed by atoms with Gasteiger partial charge in [-0.25, -0.2) is 4.79 Å². The molecule has 6 nitrogen and oxygen atoms in total. The summed E-state index contributed by atoms with van der Waals surface area (Å²) in [6.45, 7) is 0.398. The van der Waals surface area contributed by atoms with E-state index in [4.69, 9.17) is 11.6 Å². The quantitative estimate of drug-likeness (QED) is 0.559. The summed E-state index contributed by atoms with van der Waals surface area (Å²) < 4.78 is 79.5. The van der Waals surface area contributed by atoms with Gasteiger partial charge in [-0.15, -0.1) is 0 Å². The lowest BCUT2D eigenvalue weighted by Crippen LogP contribution is -2.52. The normalized spacial score (nSPS) is 19.5. The van der Waals surface area contributed by atoms with E-state index >= 15 is 0 Å². The Labute approximate surface area is 196 Å². The Morgan fingerprint density at radius 3 is 2.06 bits per heavy atom. The van der Waals surface area contributed by atoms with Gasteiger partial charge in [0.1, 0.15) is 0 Å². The summed E-state index contributed by atoms with van der Waals surface area (Å²) in [4.78, 5) is 26.5. The molecule has 2 aliphatic rings. The molecule has 0 radical (unpaired) electrons. The molecule has 1 aromatic rings. The number of hydrogen-bond donors (Lipinski definition) is 1. The van der Waals surface area contributed by atoms with Gasteiger partial charge < -0.3 is 14.7 Å². The number of carboxylic acid groups (broad SMARTS) is 1. The maximum atomic E-state index is 12.6. The minimum atomic E-state index is -5.77. The van der Waals surface area contributed by atoms with Crippen LogP contribution in [0.15, 0.2) is 18.2 Å². The van der Waals surface area contributed by atoms with Gasteiger partial charge in [-0.1, -0.05) is 30.5 Å². The standard InChI is InChI=1S/C21H23ClF6N2O4/c22-15-10-13(9-14(11-15)19(17(31)32)3-1-2-4-19)12-29-5-7-30(8-6-29)18(33)34-16(20(23,24)25)21(26,27)28/h9-11,16H,1-8,12H2,(H,31,32). The molecule has 0 aromatic heterocycles. The van der Waals surface area contributed by atoms with Crippen LogP contribution in [0.2, 0.25) is 5.02 Å². The third kappa shape index (κ3) is 5.88. The van der Waals surface area contributed by atoms with E-state index in [2.05, 4.69) is 4.74 Å². The van der Waals surface area contributed by atoms with Crippen molar-refractivity contribution >= 4 is 23.7 Å². The third-order valence-corrected chi connectivity index (χ3v) is 6.44. The molecule has 190 valence electrons. The van der Waals surface area contributed by atoms with E-state index in [-0.39, 0.29) is 26.2 Å². The van der Waals surface area contributed by atoms with Crippen molar-refractivity contribution in [3.63, 3.8) is 0 Å². The second kappa shape index (κ2) is 9.80. The van der Waals surface area contributed by atoms with Crippen LogP contribution in [0, 0.1) is 0 Å². The number of halogens is 7. The van der Waals surface area contributed by atoms with E-state index in [1.807, 2.05) is 4.90 Å². The van der Waals surface area contributed by atoms with E-state index in [1.165, 1.54) is 0 Å². The van der Waals surface area contributed by atoms with Crippen LogP contribution in [0.25, 0.3) is 0 Å². The largest absolute Gasteiger partial charge is 0.481 e. The van der Waals surface area contributed by atoms with Crippen molar-refractivity contribution in [1.29, 1.82) is 0 Å². The topological polar surface area (TPSA) is 70.1 Å². The van der Waals surface area contributed by atoms with Gasteiger partial charge in [0.25, 0.3) is 6.10 Å². The highest BCUT2D eigenvalue weighted by Gasteiger charge is 2.60. The van der Waals surface area contributed by atoms with E-state index in [0.29, 0.717) is 30.0 Å². The number of ether oxygens (including phenoxy) is 1. The van der Waals surface area contributed by atoms with Crippen LogP contribution in [-0.2, 0) is 21.5 Å². The smallest absolute Gasteiger partial charge is 0.434 e. The second-order valence-electron chi connectivity index (χ2n) is 8.55. The van der Waals surface area contributed by atoms with Crippen molar-refractivity contribution in [3.05, 3.63) is 34.3 Å². The van der Waals surface area contributed by atoms with E-state index in [0.717, 1.165) is 23.3 Å². The zero-order valence-electron chi connectivity index (χ0n) is 17.9. The van der Waals surface area contributed by atoms with Crippen LogP contribution in [0.3, 0.4) is 0 Å². The number of amides is 1. The van der Waals surface area contributed by atoms with Crippen LogP contribution < -0.4 is 0 Å². The predicted molar refractivity (Wildman–Crippen MR) is 108 cm³/mol. The molecule has 0 bridgehead atoms. The summed E-state index contributed by atoms with van der Waals surface area (Å²) in [5.74, 6) is -0.915. The van der Waals surface area contributed by atoms with Gasteiger partial charge in [0, 0.05) is 37.7 Å². The molecule has 13 heteroatoms. The Morgan fingerprint density at radius 1 is 1.00 bits per heavy atom. The number of carbonyl (C=O) groups excluding carboxylic acids is 1. The van der Waals surface area contributed by atoms with Crippen molar-refractivity contribution < 1.29 is 45.8 Å². The van der Waals surface area contributed by atoms with Crippen LogP contribution >= 0.6 is 11.6 Å². The zero-order chi connectivity index (χ0) is 25.3. The minimum Gasteiger partial charge on any atom is -0.481 e. The molecule has 2 fully saturated rings. The first-order valence-corrected chi connectivity index (χ1v) is 10.9. The highest BCUT2D eigenvalue weighted by Crippen LogP contribution is 2.42. The third-order valence-electron chi connectivity index (χ3n) is 6.23. The van der Waals surface area contributed by atoms with E-state index in [9.17, 15) is 41.0 Å². The lowest BCUT2D eigenvalue weighted by molar-refractivity contribution is -0.308.